The van der Waals surface area contributed by atoms with Crippen molar-refractivity contribution in [3.63, 3.8) is 0 Å². The number of amides is 1. The summed E-state index contributed by atoms with van der Waals surface area (Å²) in [5, 5.41) is 4.99. The molecule has 0 saturated carbocycles. The van der Waals surface area contributed by atoms with Gasteiger partial charge in [-0.15, -0.1) is 0 Å². The van der Waals surface area contributed by atoms with E-state index in [4.69, 9.17) is 27.9 Å². The van der Waals surface area contributed by atoms with Crippen molar-refractivity contribution in [1.29, 1.82) is 0 Å². The number of rotatable bonds is 2. The van der Waals surface area contributed by atoms with Crippen molar-refractivity contribution in [1.82, 2.24) is 24.5 Å². The summed E-state index contributed by atoms with van der Waals surface area (Å²) in [5.74, 6) is 0.397. The van der Waals surface area contributed by atoms with Crippen LogP contribution in [0.4, 0.5) is 0 Å². The van der Waals surface area contributed by atoms with Gasteiger partial charge in [0, 0.05) is 17.8 Å². The van der Waals surface area contributed by atoms with Crippen LogP contribution >= 0.6 is 23.2 Å². The number of nitrogens with zero attached hydrogens (tertiary/aromatic N) is 5. The molecule has 1 fully saturated rings. The topological polar surface area (TPSA) is 72.6 Å². The summed E-state index contributed by atoms with van der Waals surface area (Å²) in [5.41, 5.74) is 2.13. The van der Waals surface area contributed by atoms with Crippen molar-refractivity contribution in [2.24, 2.45) is 0 Å². The Balaban J connectivity index is 1.62. The lowest BCUT2D eigenvalue weighted by Crippen LogP contribution is -2.42. The minimum absolute atomic E-state index is 0.113. The second-order valence-corrected chi connectivity index (χ2v) is 6.85. The van der Waals surface area contributed by atoms with Crippen molar-refractivity contribution >= 4 is 34.9 Å². The summed E-state index contributed by atoms with van der Waals surface area (Å²) in [6.45, 7) is 3.21. The molecule has 9 heteroatoms. The molecule has 0 bridgehead atoms. The standard InChI is InChI=1S/C17H15Cl2N5O2/c1-10-6-14(24-17(22-10)20-9-21-24)15-8-23(4-5-26-15)16(25)11-2-3-12(18)13(19)7-11/h2-3,6-7,9,15H,4-5,8H2,1H3. The molecule has 1 amide bonds. The molecule has 3 aromatic rings. The Morgan fingerprint density at radius 2 is 2.12 bits per heavy atom. The molecule has 1 atom stereocenters. The minimum Gasteiger partial charge on any atom is -0.368 e. The van der Waals surface area contributed by atoms with Crippen LogP contribution in [0, 0.1) is 6.92 Å². The van der Waals surface area contributed by atoms with Crippen LogP contribution in [0.15, 0.2) is 30.6 Å². The molecule has 1 saturated heterocycles. The normalized spacial score (nSPS) is 17.7. The Hall–Kier alpha value is -2.22. The molecule has 1 unspecified atom stereocenters. The molecule has 0 spiro atoms. The molecule has 7 nitrogen and oxygen atoms in total. The monoisotopic (exact) mass is 391 g/mol. The number of morpholine rings is 1. The maximum absolute atomic E-state index is 12.8. The summed E-state index contributed by atoms with van der Waals surface area (Å²) in [6.07, 6.45) is 1.13. The predicted molar refractivity (Wildman–Crippen MR) is 96.6 cm³/mol. The van der Waals surface area contributed by atoms with E-state index in [1.807, 2.05) is 13.0 Å². The first kappa shape index (κ1) is 17.2. The van der Waals surface area contributed by atoms with Gasteiger partial charge in [0.15, 0.2) is 0 Å². The van der Waals surface area contributed by atoms with Crippen molar-refractivity contribution in [2.45, 2.75) is 13.0 Å². The molecule has 4 rings (SSSR count). The molecule has 0 aliphatic carbocycles. The van der Waals surface area contributed by atoms with Gasteiger partial charge in [-0.05, 0) is 31.2 Å². The van der Waals surface area contributed by atoms with Gasteiger partial charge in [-0.2, -0.15) is 14.6 Å². The molecular formula is C17H15Cl2N5O2. The number of ether oxygens (including phenoxy) is 1. The molecule has 1 aliphatic rings. The van der Waals surface area contributed by atoms with Crippen LogP contribution in [0.25, 0.3) is 5.78 Å². The zero-order valence-electron chi connectivity index (χ0n) is 13.9. The van der Waals surface area contributed by atoms with Gasteiger partial charge in [0.05, 0.1) is 28.9 Å². The van der Waals surface area contributed by atoms with E-state index in [1.165, 1.54) is 6.33 Å². The molecule has 134 valence electrons. The van der Waals surface area contributed by atoms with E-state index < -0.39 is 0 Å². The number of fused-ring (bicyclic) bond motifs is 1. The van der Waals surface area contributed by atoms with Crippen LogP contribution in [-0.2, 0) is 4.74 Å². The van der Waals surface area contributed by atoms with Gasteiger partial charge < -0.3 is 9.64 Å². The summed E-state index contributed by atoms with van der Waals surface area (Å²) in [7, 11) is 0. The number of hydrogen-bond acceptors (Lipinski definition) is 5. The number of hydrogen-bond donors (Lipinski definition) is 0. The van der Waals surface area contributed by atoms with Gasteiger partial charge in [0.25, 0.3) is 11.7 Å². The second-order valence-electron chi connectivity index (χ2n) is 6.03. The fourth-order valence-corrected chi connectivity index (χ4v) is 3.31. The van der Waals surface area contributed by atoms with Gasteiger partial charge in [-0.3, -0.25) is 4.79 Å². The molecule has 1 aromatic carbocycles. The number of aryl methyl sites for hydroxylation is 1. The Labute approximate surface area is 159 Å². The smallest absolute Gasteiger partial charge is 0.254 e. The molecule has 0 radical (unpaired) electrons. The average Bonchev–Trinajstić information content (AvgIpc) is 3.11. The van der Waals surface area contributed by atoms with E-state index in [0.717, 1.165) is 11.4 Å². The van der Waals surface area contributed by atoms with Gasteiger partial charge in [-0.25, -0.2) is 4.98 Å². The largest absolute Gasteiger partial charge is 0.368 e. The quantitative estimate of drug-likeness (QED) is 0.671. The maximum atomic E-state index is 12.8. The van der Waals surface area contributed by atoms with E-state index >= 15 is 0 Å². The number of aromatic nitrogens is 4. The summed E-state index contributed by atoms with van der Waals surface area (Å²) >= 11 is 12.0. The van der Waals surface area contributed by atoms with Crippen molar-refractivity contribution < 1.29 is 9.53 Å². The van der Waals surface area contributed by atoms with Crippen molar-refractivity contribution in [2.75, 3.05) is 19.7 Å². The highest BCUT2D eigenvalue weighted by Gasteiger charge is 2.28. The van der Waals surface area contributed by atoms with E-state index in [1.54, 1.807) is 27.6 Å². The van der Waals surface area contributed by atoms with Gasteiger partial charge >= 0.3 is 0 Å². The van der Waals surface area contributed by atoms with Crippen LogP contribution in [0.5, 0.6) is 0 Å². The molecule has 26 heavy (non-hydrogen) atoms. The van der Waals surface area contributed by atoms with Crippen LogP contribution in [0.2, 0.25) is 10.0 Å². The third kappa shape index (κ3) is 3.13. The molecule has 0 N–H and O–H groups in total. The predicted octanol–water partition coefficient (Wildman–Crippen LogP) is 2.95. The molecule has 3 heterocycles. The first-order chi connectivity index (χ1) is 12.5. The van der Waals surface area contributed by atoms with E-state index in [0.29, 0.717) is 41.1 Å². The first-order valence-corrected chi connectivity index (χ1v) is 8.82. The Morgan fingerprint density at radius 1 is 1.27 bits per heavy atom. The number of carbonyl (C=O) groups is 1. The number of halogens is 2. The maximum Gasteiger partial charge on any atom is 0.254 e. The fraction of sp³-hybridized carbons (Fsp3) is 0.294. The van der Waals surface area contributed by atoms with Gasteiger partial charge in [0.1, 0.15) is 12.4 Å². The summed E-state index contributed by atoms with van der Waals surface area (Å²) in [4.78, 5) is 23.1. The Kier molecular flexibility index (Phi) is 4.52. The van der Waals surface area contributed by atoms with E-state index in [-0.39, 0.29) is 12.0 Å². The van der Waals surface area contributed by atoms with E-state index in [2.05, 4.69) is 15.1 Å². The lowest BCUT2D eigenvalue weighted by Gasteiger charge is -2.33. The average molecular weight is 392 g/mol. The van der Waals surface area contributed by atoms with Crippen LogP contribution in [0.1, 0.15) is 27.8 Å². The first-order valence-electron chi connectivity index (χ1n) is 8.06. The van der Waals surface area contributed by atoms with E-state index in [9.17, 15) is 4.79 Å². The minimum atomic E-state index is -0.318. The van der Waals surface area contributed by atoms with Crippen molar-refractivity contribution in [3.05, 3.63) is 57.6 Å². The molecular weight excluding hydrogens is 377 g/mol. The summed E-state index contributed by atoms with van der Waals surface area (Å²) in [6, 6.07) is 6.79. The third-order valence-corrected chi connectivity index (χ3v) is 5.00. The Morgan fingerprint density at radius 3 is 2.92 bits per heavy atom. The Bertz CT molecular complexity index is 990. The SMILES string of the molecule is Cc1cc(C2CN(C(=O)c3ccc(Cl)c(Cl)c3)CCO2)n2ncnc2n1. The van der Waals surface area contributed by atoms with Gasteiger partial charge in [-0.1, -0.05) is 23.2 Å². The number of benzene rings is 1. The highest BCUT2D eigenvalue weighted by atomic mass is 35.5. The molecule has 1 aliphatic heterocycles. The zero-order chi connectivity index (χ0) is 18.3. The van der Waals surface area contributed by atoms with Crippen LogP contribution in [0.3, 0.4) is 0 Å². The zero-order valence-corrected chi connectivity index (χ0v) is 15.4. The highest BCUT2D eigenvalue weighted by Crippen LogP contribution is 2.26. The highest BCUT2D eigenvalue weighted by molar-refractivity contribution is 6.42. The number of carbonyl (C=O) groups excluding carboxylic acids is 1. The lowest BCUT2D eigenvalue weighted by atomic mass is 10.1. The fourth-order valence-electron chi connectivity index (χ4n) is 3.01. The summed E-state index contributed by atoms with van der Waals surface area (Å²) < 4.78 is 7.54. The van der Waals surface area contributed by atoms with Gasteiger partial charge in [0.2, 0.25) is 0 Å². The second kappa shape index (κ2) is 6.83. The van der Waals surface area contributed by atoms with Crippen molar-refractivity contribution in [3.8, 4) is 0 Å². The lowest BCUT2D eigenvalue weighted by molar-refractivity contribution is -0.0257. The van der Waals surface area contributed by atoms with Crippen LogP contribution in [-0.4, -0.2) is 50.1 Å². The molecule has 2 aromatic heterocycles. The third-order valence-electron chi connectivity index (χ3n) is 4.26. The van der Waals surface area contributed by atoms with Crippen LogP contribution < -0.4 is 0 Å².